The summed E-state index contributed by atoms with van der Waals surface area (Å²) < 4.78 is 5.28. The molecule has 0 heterocycles. The Kier molecular flexibility index (Phi) is 4.84. The monoisotopic (exact) mass is 248 g/mol. The third kappa shape index (κ3) is 4.04. The van der Waals surface area contributed by atoms with Crippen molar-refractivity contribution in [1.82, 2.24) is 0 Å². The third-order valence-electron chi connectivity index (χ3n) is 2.66. The molecule has 0 aliphatic carbocycles. The first kappa shape index (κ1) is 13.0. The molecule has 0 amide bonds. The van der Waals surface area contributed by atoms with Crippen LogP contribution in [0.2, 0.25) is 0 Å². The Balaban J connectivity index is 1.96. The van der Waals surface area contributed by atoms with E-state index in [1.165, 1.54) is 0 Å². The molecule has 1 nitrogen and oxygen atoms in total. The van der Waals surface area contributed by atoms with Crippen LogP contribution in [-0.4, -0.2) is 7.11 Å². The van der Waals surface area contributed by atoms with Gasteiger partial charge in [-0.15, -0.1) is 0 Å². The first-order valence-corrected chi connectivity index (χ1v) is 6.23. The summed E-state index contributed by atoms with van der Waals surface area (Å²) in [5.74, 6) is 7.14. The third-order valence-corrected chi connectivity index (χ3v) is 2.66. The fraction of sp³-hybridized carbons (Fsp3) is 0.111. The molecule has 0 unspecified atom stereocenters. The lowest BCUT2D eigenvalue weighted by atomic mass is 10.1. The van der Waals surface area contributed by atoms with Crippen molar-refractivity contribution in [1.29, 1.82) is 0 Å². The minimum atomic E-state index is 0.729. The average molecular weight is 248 g/mol. The van der Waals surface area contributed by atoms with Crippen LogP contribution in [0.25, 0.3) is 6.08 Å². The van der Waals surface area contributed by atoms with Crippen LogP contribution >= 0.6 is 0 Å². The molecule has 2 aromatic rings. The molecule has 0 spiro atoms. The summed E-state index contributed by atoms with van der Waals surface area (Å²) in [5, 5.41) is 0. The normalized spacial score (nSPS) is 9.95. The van der Waals surface area contributed by atoms with Gasteiger partial charge in [0.25, 0.3) is 0 Å². The second kappa shape index (κ2) is 7.08. The summed E-state index contributed by atoms with van der Waals surface area (Å²) in [6, 6.07) is 17.9. The van der Waals surface area contributed by atoms with Crippen LogP contribution in [-0.2, 0) is 0 Å². The van der Waals surface area contributed by atoms with Crippen LogP contribution < -0.4 is 4.74 Å². The van der Waals surface area contributed by atoms with Crippen LogP contribution in [0.1, 0.15) is 17.5 Å². The van der Waals surface area contributed by atoms with E-state index in [-0.39, 0.29) is 0 Å². The van der Waals surface area contributed by atoms with Gasteiger partial charge in [0.2, 0.25) is 0 Å². The number of hydrogen-bond donors (Lipinski definition) is 0. The van der Waals surface area contributed by atoms with E-state index in [0.717, 1.165) is 23.3 Å². The molecule has 0 radical (unpaired) electrons. The molecule has 1 heteroatoms. The summed E-state index contributed by atoms with van der Waals surface area (Å²) >= 11 is 0. The lowest BCUT2D eigenvalue weighted by Gasteiger charge is -2.02. The summed E-state index contributed by atoms with van der Waals surface area (Å²) in [4.78, 5) is 0. The lowest BCUT2D eigenvalue weighted by molar-refractivity contribution is 0.414. The van der Waals surface area contributed by atoms with E-state index in [4.69, 9.17) is 4.74 Å². The largest absolute Gasteiger partial charge is 0.496 e. The maximum atomic E-state index is 5.28. The maximum absolute atomic E-state index is 5.28. The highest BCUT2D eigenvalue weighted by Crippen LogP contribution is 2.18. The maximum Gasteiger partial charge on any atom is 0.126 e. The smallest absolute Gasteiger partial charge is 0.126 e. The number of methoxy groups -OCH3 is 1. The van der Waals surface area contributed by atoms with Gasteiger partial charge in [0.15, 0.2) is 0 Å². The number of allylic oxidation sites excluding steroid dienone is 1. The number of hydrogen-bond acceptors (Lipinski definition) is 1. The second-order valence-corrected chi connectivity index (χ2v) is 4.02. The second-order valence-electron chi connectivity index (χ2n) is 4.02. The van der Waals surface area contributed by atoms with E-state index in [0.29, 0.717) is 0 Å². The summed E-state index contributed by atoms with van der Waals surface area (Å²) in [6.45, 7) is 0. The van der Waals surface area contributed by atoms with E-state index >= 15 is 0 Å². The summed E-state index contributed by atoms with van der Waals surface area (Å²) in [5.41, 5.74) is 2.12. The Labute approximate surface area is 114 Å². The standard InChI is InChI=1S/C18H16O/c1-19-18-15-9-8-14-17(18)13-7-3-6-12-16-10-4-2-5-11-16/h2,4-5,7-11,13-15H,3H2,1H3/b13-7+. The van der Waals surface area contributed by atoms with Crippen molar-refractivity contribution in [2.45, 2.75) is 6.42 Å². The molecule has 0 atom stereocenters. The fourth-order valence-electron chi connectivity index (χ4n) is 1.72. The zero-order chi connectivity index (χ0) is 13.3. The van der Waals surface area contributed by atoms with Gasteiger partial charge in [0.05, 0.1) is 7.11 Å². The molecular formula is C18H16O. The van der Waals surface area contributed by atoms with Crippen LogP contribution in [0.15, 0.2) is 60.7 Å². The predicted molar refractivity (Wildman–Crippen MR) is 80.0 cm³/mol. The van der Waals surface area contributed by atoms with Crippen LogP contribution in [0.5, 0.6) is 5.75 Å². The van der Waals surface area contributed by atoms with Gasteiger partial charge in [-0.3, -0.25) is 0 Å². The number of rotatable bonds is 3. The van der Waals surface area contributed by atoms with Gasteiger partial charge in [0, 0.05) is 17.5 Å². The Morgan fingerprint density at radius 3 is 2.53 bits per heavy atom. The Hall–Kier alpha value is -2.46. The number of para-hydroxylation sites is 1. The molecular weight excluding hydrogens is 232 g/mol. The van der Waals surface area contributed by atoms with Crippen molar-refractivity contribution in [2.24, 2.45) is 0 Å². The quantitative estimate of drug-likeness (QED) is 0.741. The van der Waals surface area contributed by atoms with Gasteiger partial charge in [-0.1, -0.05) is 60.4 Å². The molecule has 0 saturated heterocycles. The van der Waals surface area contributed by atoms with Gasteiger partial charge < -0.3 is 4.74 Å². The zero-order valence-corrected chi connectivity index (χ0v) is 11.0. The Morgan fingerprint density at radius 2 is 1.74 bits per heavy atom. The molecule has 0 N–H and O–H groups in total. The average Bonchev–Trinajstić information content (AvgIpc) is 2.48. The highest BCUT2D eigenvalue weighted by Gasteiger charge is 1.95. The molecule has 2 rings (SSSR count). The van der Waals surface area contributed by atoms with Crippen LogP contribution in [0, 0.1) is 11.8 Å². The predicted octanol–water partition coefficient (Wildman–Crippen LogP) is 4.15. The molecule has 94 valence electrons. The van der Waals surface area contributed by atoms with Gasteiger partial charge in [-0.2, -0.15) is 0 Å². The van der Waals surface area contributed by atoms with Crippen molar-refractivity contribution >= 4 is 6.08 Å². The molecule has 19 heavy (non-hydrogen) atoms. The number of ether oxygens (including phenoxy) is 1. The first-order valence-electron chi connectivity index (χ1n) is 6.23. The molecule has 0 aromatic heterocycles. The van der Waals surface area contributed by atoms with Gasteiger partial charge in [-0.25, -0.2) is 0 Å². The highest BCUT2D eigenvalue weighted by molar-refractivity contribution is 5.57. The van der Waals surface area contributed by atoms with Crippen molar-refractivity contribution in [2.75, 3.05) is 7.11 Å². The van der Waals surface area contributed by atoms with E-state index < -0.39 is 0 Å². The van der Waals surface area contributed by atoms with Gasteiger partial charge in [0.1, 0.15) is 5.75 Å². The SMILES string of the molecule is COc1ccccc1/C=C/CC#Cc1ccccc1. The van der Waals surface area contributed by atoms with E-state index in [1.54, 1.807) is 7.11 Å². The van der Waals surface area contributed by atoms with E-state index in [1.807, 2.05) is 66.7 Å². The van der Waals surface area contributed by atoms with Crippen molar-refractivity contribution in [3.8, 4) is 17.6 Å². The van der Waals surface area contributed by atoms with Crippen molar-refractivity contribution < 1.29 is 4.74 Å². The van der Waals surface area contributed by atoms with Gasteiger partial charge >= 0.3 is 0 Å². The Morgan fingerprint density at radius 1 is 1.00 bits per heavy atom. The molecule has 0 aliphatic rings. The summed E-state index contributed by atoms with van der Waals surface area (Å²) in [7, 11) is 1.68. The van der Waals surface area contributed by atoms with E-state index in [9.17, 15) is 0 Å². The zero-order valence-electron chi connectivity index (χ0n) is 11.0. The topological polar surface area (TPSA) is 9.23 Å². The summed E-state index contributed by atoms with van der Waals surface area (Å²) in [6.07, 6.45) is 4.82. The molecule has 0 aliphatic heterocycles. The van der Waals surface area contributed by atoms with Crippen LogP contribution in [0.3, 0.4) is 0 Å². The van der Waals surface area contributed by atoms with E-state index in [2.05, 4.69) is 11.8 Å². The molecule has 0 fully saturated rings. The molecule has 0 bridgehead atoms. The minimum absolute atomic E-state index is 0.729. The highest BCUT2D eigenvalue weighted by atomic mass is 16.5. The Bertz CT molecular complexity index is 600. The lowest BCUT2D eigenvalue weighted by Crippen LogP contribution is -1.85. The van der Waals surface area contributed by atoms with Gasteiger partial charge in [-0.05, 0) is 18.2 Å². The molecule has 0 saturated carbocycles. The minimum Gasteiger partial charge on any atom is -0.496 e. The van der Waals surface area contributed by atoms with Crippen molar-refractivity contribution in [3.63, 3.8) is 0 Å². The van der Waals surface area contributed by atoms with Crippen LogP contribution in [0.4, 0.5) is 0 Å². The fourth-order valence-corrected chi connectivity index (χ4v) is 1.72. The number of benzene rings is 2. The molecule has 2 aromatic carbocycles. The first-order chi connectivity index (χ1) is 9.40. The van der Waals surface area contributed by atoms with Crippen molar-refractivity contribution in [3.05, 3.63) is 71.8 Å².